The van der Waals surface area contributed by atoms with Crippen molar-refractivity contribution < 1.29 is 23.0 Å². The van der Waals surface area contributed by atoms with E-state index in [-0.39, 0.29) is 55.6 Å². The molecule has 3 aromatic heterocycles. The lowest BCUT2D eigenvalue weighted by Gasteiger charge is -2.20. The molecule has 0 spiro atoms. The van der Waals surface area contributed by atoms with Gasteiger partial charge < -0.3 is 14.2 Å². The number of ether oxygens (including phenoxy) is 3. The Morgan fingerprint density at radius 2 is 0.943 bits per heavy atom. The number of aromatic nitrogens is 3. The first-order chi connectivity index (χ1) is 39.8. The highest BCUT2D eigenvalue weighted by Gasteiger charge is 2.20. The standard InChI is InChI=1S/C13H19FO.C13H21NO.C12H17FO.C11H16.C10H13Cl.C10H15N.C9H13N/c1-9(2)15-12-7-6-10(8-11(12)14)13(3,4)5;1-10(2)9-15-12-7-6-11(8-14-12)13(3,4)5;1-12(2,3)10-6-5-9(8-14-4)11(13)7-10;1-9-6-5-7-10(8-9)11(2,3)4;1-10(2,3)8-6-4-5-7-9(8)11;1-8-5-6-9(7-11-8)10(2,3)4;1-9(2,3)8-6-4-5-7-10-8/h6-9H,1-5H3;6-8,10H,9H2,1-5H3;5-7H,8H2,1-4H3;5-8H,1-4H3;4-7H,1-3H3;5-7H,1-4H3;4-7H,1-3H3. The number of hydrogen-bond donors (Lipinski definition) is 0. The lowest BCUT2D eigenvalue weighted by molar-refractivity contribution is 0.181. The minimum atomic E-state index is -0.281. The Morgan fingerprint density at radius 1 is 0.460 bits per heavy atom. The molecule has 0 amide bonds. The molecule has 7 rings (SSSR count). The van der Waals surface area contributed by atoms with E-state index >= 15 is 0 Å². The van der Waals surface area contributed by atoms with Gasteiger partial charge in [-0.25, -0.2) is 13.8 Å². The van der Waals surface area contributed by atoms with E-state index in [2.05, 4.69) is 236 Å². The fraction of sp³-hybridized carbons (Fsp3) is 0.500. The maximum atomic E-state index is 13.6. The first kappa shape index (κ1) is 79.1. The Balaban J connectivity index is 0.000000510. The molecule has 0 fully saturated rings. The van der Waals surface area contributed by atoms with Gasteiger partial charge in [-0.1, -0.05) is 255 Å². The number of nitrogens with zero attached hydrogens (tertiary/aromatic N) is 3. The summed E-state index contributed by atoms with van der Waals surface area (Å²) in [6.45, 7) is 58.4. The normalized spacial score (nSPS) is 11.7. The summed E-state index contributed by atoms with van der Waals surface area (Å²) >= 11 is 6.01. The van der Waals surface area contributed by atoms with Gasteiger partial charge in [0.05, 0.1) is 19.3 Å². The van der Waals surface area contributed by atoms with Gasteiger partial charge in [-0.2, -0.15) is 0 Å². The van der Waals surface area contributed by atoms with Crippen molar-refractivity contribution in [3.8, 4) is 11.6 Å². The fourth-order valence-corrected chi connectivity index (χ4v) is 8.08. The molecule has 7 aromatic rings. The van der Waals surface area contributed by atoms with Crippen molar-refractivity contribution in [2.24, 2.45) is 5.92 Å². The van der Waals surface area contributed by atoms with E-state index in [0.717, 1.165) is 40.0 Å². The monoisotopic (exact) mass is 1210 g/mol. The summed E-state index contributed by atoms with van der Waals surface area (Å²) in [6, 6.07) is 41.4. The van der Waals surface area contributed by atoms with Crippen LogP contribution in [0.1, 0.15) is 229 Å². The van der Waals surface area contributed by atoms with E-state index in [0.29, 0.717) is 23.8 Å². The average molecular weight is 1220 g/mol. The van der Waals surface area contributed by atoms with Crippen LogP contribution in [0.2, 0.25) is 5.02 Å². The van der Waals surface area contributed by atoms with Gasteiger partial charge in [0.2, 0.25) is 5.88 Å². The van der Waals surface area contributed by atoms with Crippen LogP contribution in [0.25, 0.3) is 0 Å². The zero-order valence-corrected chi connectivity index (χ0v) is 59.9. The van der Waals surface area contributed by atoms with Gasteiger partial charge in [0.25, 0.3) is 0 Å². The average Bonchev–Trinajstić information content (AvgIpc) is 3.61. The van der Waals surface area contributed by atoms with Crippen LogP contribution in [0.3, 0.4) is 0 Å². The molecular formula is C78H114ClF2N3O3. The fourth-order valence-electron chi connectivity index (χ4n) is 7.66. The lowest BCUT2D eigenvalue weighted by Crippen LogP contribution is -2.12. The van der Waals surface area contributed by atoms with Crippen LogP contribution in [0.5, 0.6) is 11.6 Å². The zero-order chi connectivity index (χ0) is 66.9. The van der Waals surface area contributed by atoms with Crippen LogP contribution in [0.4, 0.5) is 8.78 Å². The lowest BCUT2D eigenvalue weighted by atomic mass is 9.86. The van der Waals surface area contributed by atoms with Crippen LogP contribution < -0.4 is 9.47 Å². The number of hydrogen-bond acceptors (Lipinski definition) is 6. The molecule has 87 heavy (non-hydrogen) atoms. The third-order valence-corrected chi connectivity index (χ3v) is 13.7. The molecule has 0 bridgehead atoms. The molecule has 0 aliphatic carbocycles. The van der Waals surface area contributed by atoms with Crippen LogP contribution in [-0.2, 0) is 49.2 Å². The van der Waals surface area contributed by atoms with Crippen molar-refractivity contribution in [2.45, 2.75) is 238 Å². The number of methoxy groups -OCH3 is 1. The first-order valence-corrected chi connectivity index (χ1v) is 31.2. The number of aryl methyl sites for hydroxylation is 2. The molecule has 6 nitrogen and oxygen atoms in total. The predicted octanol–water partition coefficient (Wildman–Crippen LogP) is 22.6. The Hall–Kier alpha value is -5.96. The highest BCUT2D eigenvalue weighted by atomic mass is 35.5. The summed E-state index contributed by atoms with van der Waals surface area (Å²) in [5.74, 6) is 1.12. The van der Waals surface area contributed by atoms with Crippen molar-refractivity contribution >= 4 is 11.6 Å². The van der Waals surface area contributed by atoms with E-state index in [9.17, 15) is 8.78 Å². The topological polar surface area (TPSA) is 66.4 Å². The van der Waals surface area contributed by atoms with E-state index in [1.54, 1.807) is 31.4 Å². The minimum absolute atomic E-state index is 0.0000123. The SMILES string of the molecule is CC(C)(C)c1ccccc1Cl.CC(C)(C)c1ccccn1.CC(C)COc1ccc(C(C)(C)C)cn1.CC(C)Oc1ccc(C(C)(C)C)cc1F.COCc1ccc(C(C)(C)C)cc1F.Cc1ccc(C(C)(C)C)cn1.Cc1cccc(C(C)(C)C)c1. The molecule has 9 heteroatoms. The van der Waals surface area contributed by atoms with Crippen LogP contribution in [0.15, 0.2) is 146 Å². The smallest absolute Gasteiger partial charge is 0.213 e. The highest BCUT2D eigenvalue weighted by molar-refractivity contribution is 6.31. The number of benzene rings is 4. The van der Waals surface area contributed by atoms with Crippen molar-refractivity contribution in [3.63, 3.8) is 0 Å². The Kier molecular flexibility index (Phi) is 32.1. The van der Waals surface area contributed by atoms with Gasteiger partial charge in [0.15, 0.2) is 11.6 Å². The van der Waals surface area contributed by atoms with Gasteiger partial charge in [0.1, 0.15) is 5.82 Å². The van der Waals surface area contributed by atoms with E-state index in [1.165, 1.54) is 27.8 Å². The van der Waals surface area contributed by atoms with Crippen molar-refractivity contribution in [3.05, 3.63) is 219 Å². The summed E-state index contributed by atoms with van der Waals surface area (Å²) in [7, 11) is 1.57. The first-order valence-electron chi connectivity index (χ1n) is 30.8. The number of pyridine rings is 3. The molecule has 0 saturated carbocycles. The maximum absolute atomic E-state index is 13.6. The Morgan fingerprint density at radius 3 is 1.30 bits per heavy atom. The quantitative estimate of drug-likeness (QED) is 0.158. The predicted molar refractivity (Wildman–Crippen MR) is 371 cm³/mol. The van der Waals surface area contributed by atoms with Crippen molar-refractivity contribution in [1.82, 2.24) is 15.0 Å². The summed E-state index contributed by atoms with van der Waals surface area (Å²) in [4.78, 5) is 12.8. The molecule has 0 atom stereocenters. The molecule has 0 aliphatic rings. The third-order valence-electron chi connectivity index (χ3n) is 13.3. The maximum Gasteiger partial charge on any atom is 0.213 e. The van der Waals surface area contributed by atoms with E-state index in [1.807, 2.05) is 87.9 Å². The molecule has 0 N–H and O–H groups in total. The molecular weight excluding hydrogens is 1100 g/mol. The van der Waals surface area contributed by atoms with Crippen molar-refractivity contribution in [2.75, 3.05) is 13.7 Å². The summed E-state index contributed by atoms with van der Waals surface area (Å²) in [6.07, 6.45) is 5.69. The highest BCUT2D eigenvalue weighted by Crippen LogP contribution is 2.31. The molecule has 0 aliphatic heterocycles. The third kappa shape index (κ3) is 32.2. The van der Waals surface area contributed by atoms with Gasteiger partial charge >= 0.3 is 0 Å². The second-order valence-corrected chi connectivity index (χ2v) is 30.6. The van der Waals surface area contributed by atoms with Gasteiger partial charge in [-0.15, -0.1) is 0 Å². The molecule has 4 aromatic carbocycles. The molecule has 0 unspecified atom stereocenters. The Bertz CT molecular complexity index is 3030. The largest absolute Gasteiger partial charge is 0.488 e. The van der Waals surface area contributed by atoms with Crippen LogP contribution in [0, 0.1) is 31.4 Å². The Labute approximate surface area is 534 Å². The second-order valence-electron chi connectivity index (χ2n) is 30.1. The van der Waals surface area contributed by atoms with Crippen molar-refractivity contribution in [1.29, 1.82) is 0 Å². The molecule has 0 radical (unpaired) electrons. The summed E-state index contributed by atoms with van der Waals surface area (Å²) in [5.41, 5.74) is 12.3. The van der Waals surface area contributed by atoms with Crippen LogP contribution >= 0.6 is 11.6 Å². The minimum Gasteiger partial charge on any atom is -0.488 e. The van der Waals surface area contributed by atoms with E-state index < -0.39 is 0 Å². The summed E-state index contributed by atoms with van der Waals surface area (Å²) < 4.78 is 42.9. The number of halogens is 3. The molecule has 0 saturated heterocycles. The summed E-state index contributed by atoms with van der Waals surface area (Å²) in [5, 5.41) is 0.861. The number of rotatable bonds is 7. The molecule has 3 heterocycles. The van der Waals surface area contributed by atoms with Gasteiger partial charge in [-0.3, -0.25) is 9.97 Å². The molecule has 480 valence electrons. The second kappa shape index (κ2) is 35.3. The zero-order valence-electron chi connectivity index (χ0n) is 59.1. The van der Waals surface area contributed by atoms with Gasteiger partial charge in [-0.05, 0) is 142 Å². The van der Waals surface area contributed by atoms with E-state index in [4.69, 9.17) is 25.8 Å². The van der Waals surface area contributed by atoms with Crippen LogP contribution in [-0.4, -0.2) is 34.8 Å². The van der Waals surface area contributed by atoms with Gasteiger partial charge in [0, 0.05) is 59.2 Å².